The Morgan fingerprint density at radius 2 is 1.84 bits per heavy atom. The number of hydrogen-bond acceptors (Lipinski definition) is 2. The van der Waals surface area contributed by atoms with Crippen molar-refractivity contribution in [2.75, 3.05) is 6.54 Å². The number of hydrogen-bond donors (Lipinski definition) is 1. The first-order valence-electron chi connectivity index (χ1n) is 7.62. The van der Waals surface area contributed by atoms with Gasteiger partial charge in [0, 0.05) is 6.04 Å². The Morgan fingerprint density at radius 1 is 1.21 bits per heavy atom. The molecule has 1 aliphatic rings. The Hall–Kier alpha value is -1.06. The van der Waals surface area contributed by atoms with Crippen molar-refractivity contribution in [1.29, 1.82) is 0 Å². The summed E-state index contributed by atoms with van der Waals surface area (Å²) in [6, 6.07) is 0.155. The van der Waals surface area contributed by atoms with Gasteiger partial charge >= 0.3 is 0 Å². The monoisotopic (exact) mass is 268 g/mol. The van der Waals surface area contributed by atoms with Gasteiger partial charge in [0.05, 0.1) is 6.54 Å². The van der Waals surface area contributed by atoms with Crippen molar-refractivity contribution in [3.63, 3.8) is 0 Å². The van der Waals surface area contributed by atoms with E-state index in [9.17, 15) is 9.59 Å². The van der Waals surface area contributed by atoms with E-state index in [-0.39, 0.29) is 24.4 Å². The second-order valence-corrected chi connectivity index (χ2v) is 5.62. The highest BCUT2D eigenvalue weighted by atomic mass is 16.2. The average Bonchev–Trinajstić information content (AvgIpc) is 2.41. The second-order valence-electron chi connectivity index (χ2n) is 5.62. The van der Waals surface area contributed by atoms with Gasteiger partial charge < -0.3 is 10.2 Å². The third-order valence-electron chi connectivity index (χ3n) is 4.33. The molecule has 0 bridgehead atoms. The summed E-state index contributed by atoms with van der Waals surface area (Å²) in [4.78, 5) is 26.3. The molecule has 19 heavy (non-hydrogen) atoms. The van der Waals surface area contributed by atoms with Crippen LogP contribution in [0, 0.1) is 0 Å². The van der Waals surface area contributed by atoms with Crippen LogP contribution < -0.4 is 5.32 Å². The van der Waals surface area contributed by atoms with Crippen LogP contribution in [0.25, 0.3) is 0 Å². The summed E-state index contributed by atoms with van der Waals surface area (Å²) in [6.07, 6.45) is 5.78. The first-order valence-corrected chi connectivity index (χ1v) is 7.62. The first-order chi connectivity index (χ1) is 9.00. The molecule has 0 aromatic heterocycles. The van der Waals surface area contributed by atoms with E-state index in [1.807, 2.05) is 13.8 Å². The number of nitrogens with one attached hydrogen (secondary N) is 1. The molecule has 1 rings (SSSR count). The predicted molar refractivity (Wildman–Crippen MR) is 76.8 cm³/mol. The molecular weight excluding hydrogens is 240 g/mol. The third kappa shape index (κ3) is 3.48. The van der Waals surface area contributed by atoms with Gasteiger partial charge in [-0.1, -0.05) is 40.0 Å². The van der Waals surface area contributed by atoms with Gasteiger partial charge in [-0.2, -0.15) is 0 Å². The van der Waals surface area contributed by atoms with E-state index in [4.69, 9.17) is 0 Å². The summed E-state index contributed by atoms with van der Waals surface area (Å²) in [5, 5.41) is 2.90. The van der Waals surface area contributed by atoms with Crippen LogP contribution in [0.5, 0.6) is 0 Å². The molecule has 110 valence electrons. The molecular formula is C15H28N2O2. The summed E-state index contributed by atoms with van der Waals surface area (Å²) >= 11 is 0. The number of amides is 2. The van der Waals surface area contributed by atoms with E-state index in [1.165, 1.54) is 12.8 Å². The van der Waals surface area contributed by atoms with E-state index >= 15 is 0 Å². The van der Waals surface area contributed by atoms with Crippen LogP contribution in [0.4, 0.5) is 0 Å². The number of carbonyl (C=O) groups is 2. The average molecular weight is 268 g/mol. The lowest BCUT2D eigenvalue weighted by Gasteiger charge is -2.43. The lowest BCUT2D eigenvalue weighted by molar-refractivity contribution is -0.152. The fourth-order valence-corrected chi connectivity index (χ4v) is 2.79. The fourth-order valence-electron chi connectivity index (χ4n) is 2.79. The quantitative estimate of drug-likeness (QED) is 0.721. The molecule has 1 atom stereocenters. The van der Waals surface area contributed by atoms with E-state index in [2.05, 4.69) is 19.2 Å². The molecule has 0 aromatic carbocycles. The number of carbonyl (C=O) groups excluding carboxylic acids is 2. The molecule has 1 heterocycles. The van der Waals surface area contributed by atoms with Gasteiger partial charge in [-0.05, 0) is 26.2 Å². The van der Waals surface area contributed by atoms with Gasteiger partial charge in [-0.3, -0.25) is 9.59 Å². The third-order valence-corrected chi connectivity index (χ3v) is 4.33. The molecule has 0 saturated carbocycles. The SMILES string of the molecule is CCCCCC(C)N1CC(=O)NC(CC)(CC)C1=O. The largest absolute Gasteiger partial charge is 0.340 e. The zero-order valence-electron chi connectivity index (χ0n) is 12.8. The highest BCUT2D eigenvalue weighted by molar-refractivity contribution is 5.98. The van der Waals surface area contributed by atoms with E-state index in [0.29, 0.717) is 12.8 Å². The van der Waals surface area contributed by atoms with Crippen molar-refractivity contribution in [1.82, 2.24) is 10.2 Å². The van der Waals surface area contributed by atoms with Crippen LogP contribution >= 0.6 is 0 Å². The molecule has 0 spiro atoms. The van der Waals surface area contributed by atoms with Crippen LogP contribution in [0.2, 0.25) is 0 Å². The normalized spacial score (nSPS) is 20.3. The van der Waals surface area contributed by atoms with Crippen LogP contribution in [0.15, 0.2) is 0 Å². The summed E-state index contributed by atoms with van der Waals surface area (Å²) in [5.41, 5.74) is -0.672. The minimum absolute atomic E-state index is 0.0226. The van der Waals surface area contributed by atoms with Crippen LogP contribution in [-0.2, 0) is 9.59 Å². The van der Waals surface area contributed by atoms with E-state index in [1.54, 1.807) is 4.90 Å². The molecule has 1 saturated heterocycles. The molecule has 4 heteroatoms. The molecule has 1 aliphatic heterocycles. The zero-order chi connectivity index (χ0) is 14.5. The van der Waals surface area contributed by atoms with Crippen molar-refractivity contribution in [2.45, 2.75) is 77.8 Å². The number of nitrogens with zero attached hydrogens (tertiary/aromatic N) is 1. The molecule has 0 aromatic rings. The van der Waals surface area contributed by atoms with Crippen LogP contribution in [0.1, 0.15) is 66.2 Å². The fraction of sp³-hybridized carbons (Fsp3) is 0.867. The smallest absolute Gasteiger partial charge is 0.249 e. The van der Waals surface area contributed by atoms with Gasteiger partial charge in [-0.15, -0.1) is 0 Å². The second kappa shape index (κ2) is 6.92. The van der Waals surface area contributed by atoms with E-state index in [0.717, 1.165) is 12.8 Å². The van der Waals surface area contributed by atoms with Crippen LogP contribution in [0.3, 0.4) is 0 Å². The molecule has 1 N–H and O–H groups in total. The van der Waals surface area contributed by atoms with Gasteiger partial charge in [-0.25, -0.2) is 0 Å². The zero-order valence-corrected chi connectivity index (χ0v) is 12.8. The molecule has 1 unspecified atom stereocenters. The number of rotatable bonds is 7. The standard InChI is InChI=1S/C15H28N2O2/c1-5-8-9-10-12(4)17-11-13(18)16-15(6-2,7-3)14(17)19/h12H,5-11H2,1-4H3,(H,16,18). The van der Waals surface area contributed by atoms with Crippen molar-refractivity contribution in [3.05, 3.63) is 0 Å². The van der Waals surface area contributed by atoms with E-state index < -0.39 is 5.54 Å². The Labute approximate surface area is 116 Å². The summed E-state index contributed by atoms with van der Waals surface area (Å²) < 4.78 is 0. The summed E-state index contributed by atoms with van der Waals surface area (Å²) in [5.74, 6) is 0.0757. The lowest BCUT2D eigenvalue weighted by Crippen LogP contribution is -2.67. The molecule has 0 radical (unpaired) electrons. The van der Waals surface area contributed by atoms with Crippen molar-refractivity contribution in [2.24, 2.45) is 0 Å². The topological polar surface area (TPSA) is 49.4 Å². The number of piperazine rings is 1. The van der Waals surface area contributed by atoms with Gasteiger partial charge in [0.15, 0.2) is 0 Å². The Balaban J connectivity index is 2.76. The summed E-state index contributed by atoms with van der Waals surface area (Å²) in [7, 11) is 0. The molecule has 0 aliphatic carbocycles. The molecule has 4 nitrogen and oxygen atoms in total. The highest BCUT2D eigenvalue weighted by Gasteiger charge is 2.45. The highest BCUT2D eigenvalue weighted by Crippen LogP contribution is 2.24. The minimum Gasteiger partial charge on any atom is -0.340 e. The van der Waals surface area contributed by atoms with Gasteiger partial charge in [0.2, 0.25) is 11.8 Å². The Bertz CT molecular complexity index is 324. The maximum Gasteiger partial charge on any atom is 0.249 e. The van der Waals surface area contributed by atoms with Crippen molar-refractivity contribution < 1.29 is 9.59 Å². The maximum absolute atomic E-state index is 12.6. The Kier molecular flexibility index (Phi) is 5.83. The van der Waals surface area contributed by atoms with Crippen molar-refractivity contribution in [3.8, 4) is 0 Å². The maximum atomic E-state index is 12.6. The number of unbranched alkanes of at least 4 members (excludes halogenated alkanes) is 2. The predicted octanol–water partition coefficient (Wildman–Crippen LogP) is 2.47. The van der Waals surface area contributed by atoms with Gasteiger partial charge in [0.1, 0.15) is 5.54 Å². The Morgan fingerprint density at radius 3 is 2.37 bits per heavy atom. The molecule has 1 fully saturated rings. The summed E-state index contributed by atoms with van der Waals surface area (Å²) in [6.45, 7) is 8.37. The molecule has 2 amide bonds. The lowest BCUT2D eigenvalue weighted by atomic mass is 9.88. The minimum atomic E-state index is -0.672. The first kappa shape index (κ1) is 16.0. The van der Waals surface area contributed by atoms with Crippen LogP contribution in [-0.4, -0.2) is 34.8 Å². The van der Waals surface area contributed by atoms with Gasteiger partial charge in [0.25, 0.3) is 0 Å². The van der Waals surface area contributed by atoms with Crippen molar-refractivity contribution >= 4 is 11.8 Å².